The number of amides is 1. The lowest BCUT2D eigenvalue weighted by atomic mass is 10.1. The first-order valence-corrected chi connectivity index (χ1v) is 9.49. The molecular weight excluding hydrogens is 314 g/mol. The van der Waals surface area contributed by atoms with Gasteiger partial charge in [0.25, 0.3) is 5.91 Å². The van der Waals surface area contributed by atoms with Gasteiger partial charge in [0.05, 0.1) is 11.7 Å². The molecule has 5 heteroatoms. The number of fused-ring (bicyclic) bond motifs is 1. The number of aryl methyl sites for hydroxylation is 1. The maximum absolute atomic E-state index is 13.0. The van der Waals surface area contributed by atoms with Crippen molar-refractivity contribution in [2.45, 2.75) is 44.8 Å². The Morgan fingerprint density at radius 2 is 2.04 bits per heavy atom. The third kappa shape index (κ3) is 2.96. The quantitative estimate of drug-likeness (QED) is 0.901. The minimum absolute atomic E-state index is 0.117. The van der Waals surface area contributed by atoms with Crippen LogP contribution in [0.3, 0.4) is 0 Å². The summed E-state index contributed by atoms with van der Waals surface area (Å²) < 4.78 is 0. The van der Waals surface area contributed by atoms with E-state index in [9.17, 15) is 9.90 Å². The Morgan fingerprint density at radius 1 is 1.24 bits per heavy atom. The SMILES string of the molecule is CCc1cccc2c(C(=O)N3CCN([C@H]4CCC[C@@H]4O)CC3)c[nH]c12. The molecule has 0 bridgehead atoms. The van der Waals surface area contributed by atoms with Gasteiger partial charge in [-0.2, -0.15) is 0 Å². The highest BCUT2D eigenvalue weighted by Crippen LogP contribution is 2.27. The fraction of sp³-hybridized carbons (Fsp3) is 0.550. The molecule has 1 saturated heterocycles. The predicted octanol–water partition coefficient (Wildman–Crippen LogP) is 2.40. The summed E-state index contributed by atoms with van der Waals surface area (Å²) >= 11 is 0. The standard InChI is InChI=1S/C20H27N3O2/c1-2-14-5-3-6-15-16(13-21-19(14)15)20(25)23-11-9-22(10-12-23)17-7-4-8-18(17)24/h3,5-6,13,17-18,21,24H,2,4,7-12H2,1H3/t17-,18-/m0/s1. The van der Waals surface area contributed by atoms with Crippen molar-refractivity contribution in [2.75, 3.05) is 26.2 Å². The molecule has 1 saturated carbocycles. The number of carbonyl (C=O) groups is 1. The van der Waals surface area contributed by atoms with Gasteiger partial charge in [-0.1, -0.05) is 25.1 Å². The third-order valence-electron chi connectivity index (χ3n) is 5.93. The van der Waals surface area contributed by atoms with Crippen molar-refractivity contribution in [3.8, 4) is 0 Å². The Hall–Kier alpha value is -1.85. The second-order valence-corrected chi connectivity index (χ2v) is 7.29. The highest BCUT2D eigenvalue weighted by molar-refractivity contribution is 6.07. The van der Waals surface area contributed by atoms with Gasteiger partial charge in [-0.25, -0.2) is 0 Å². The molecule has 2 aromatic rings. The van der Waals surface area contributed by atoms with Gasteiger partial charge in [0.2, 0.25) is 0 Å². The smallest absolute Gasteiger partial charge is 0.256 e. The van der Waals surface area contributed by atoms with E-state index < -0.39 is 0 Å². The molecule has 2 heterocycles. The average Bonchev–Trinajstić information content (AvgIpc) is 3.27. The van der Waals surface area contributed by atoms with Crippen LogP contribution in [0.15, 0.2) is 24.4 Å². The Labute approximate surface area is 148 Å². The molecule has 2 N–H and O–H groups in total. The number of carbonyl (C=O) groups excluding carboxylic acids is 1. The number of nitrogens with zero attached hydrogens (tertiary/aromatic N) is 2. The van der Waals surface area contributed by atoms with Gasteiger partial charge in [-0.05, 0) is 31.2 Å². The Kier molecular flexibility index (Phi) is 4.52. The number of hydrogen-bond donors (Lipinski definition) is 2. The molecule has 25 heavy (non-hydrogen) atoms. The van der Waals surface area contributed by atoms with Crippen LogP contribution >= 0.6 is 0 Å². The molecule has 2 aliphatic rings. The van der Waals surface area contributed by atoms with Gasteiger partial charge in [0.15, 0.2) is 0 Å². The van der Waals surface area contributed by atoms with Crippen LogP contribution in [0.2, 0.25) is 0 Å². The first kappa shape index (κ1) is 16.6. The van der Waals surface area contributed by atoms with Crippen LogP contribution in [-0.2, 0) is 6.42 Å². The summed E-state index contributed by atoms with van der Waals surface area (Å²) in [5, 5.41) is 11.1. The highest BCUT2D eigenvalue weighted by Gasteiger charge is 2.33. The molecule has 1 amide bonds. The largest absolute Gasteiger partial charge is 0.391 e. The average molecular weight is 341 g/mol. The maximum Gasteiger partial charge on any atom is 0.256 e. The number of para-hydroxylation sites is 1. The number of benzene rings is 1. The van der Waals surface area contributed by atoms with E-state index in [2.05, 4.69) is 22.9 Å². The summed E-state index contributed by atoms with van der Waals surface area (Å²) in [4.78, 5) is 20.6. The van der Waals surface area contributed by atoms with Gasteiger partial charge in [-0.3, -0.25) is 9.69 Å². The van der Waals surface area contributed by atoms with Crippen molar-refractivity contribution < 1.29 is 9.90 Å². The van der Waals surface area contributed by atoms with Crippen molar-refractivity contribution in [1.29, 1.82) is 0 Å². The van der Waals surface area contributed by atoms with Crippen LogP contribution in [-0.4, -0.2) is 64.1 Å². The zero-order valence-electron chi connectivity index (χ0n) is 14.9. The molecule has 5 nitrogen and oxygen atoms in total. The lowest BCUT2D eigenvalue weighted by Gasteiger charge is -2.39. The summed E-state index contributed by atoms with van der Waals surface area (Å²) in [7, 11) is 0. The zero-order chi connectivity index (χ0) is 17.4. The molecule has 1 aliphatic heterocycles. The minimum Gasteiger partial charge on any atom is -0.391 e. The number of rotatable bonds is 3. The van der Waals surface area contributed by atoms with E-state index in [4.69, 9.17) is 0 Å². The molecule has 4 rings (SSSR count). The molecule has 1 aromatic heterocycles. The molecule has 0 unspecified atom stereocenters. The van der Waals surface area contributed by atoms with Crippen LogP contribution in [0.5, 0.6) is 0 Å². The van der Waals surface area contributed by atoms with Crippen LogP contribution in [0, 0.1) is 0 Å². The Balaban J connectivity index is 1.48. The number of H-pyrrole nitrogens is 1. The van der Waals surface area contributed by atoms with Crippen LogP contribution in [0.25, 0.3) is 10.9 Å². The summed E-state index contributed by atoms with van der Waals surface area (Å²) in [6.45, 7) is 5.32. The van der Waals surface area contributed by atoms with E-state index in [1.54, 1.807) is 0 Å². The van der Waals surface area contributed by atoms with E-state index in [1.807, 2.05) is 23.2 Å². The summed E-state index contributed by atoms with van der Waals surface area (Å²) in [6, 6.07) is 6.46. The van der Waals surface area contributed by atoms with Crippen molar-refractivity contribution in [1.82, 2.24) is 14.8 Å². The predicted molar refractivity (Wildman–Crippen MR) is 98.8 cm³/mol. The lowest BCUT2D eigenvalue weighted by Crippen LogP contribution is -2.53. The van der Waals surface area contributed by atoms with Crippen LogP contribution in [0.1, 0.15) is 42.1 Å². The van der Waals surface area contributed by atoms with Gasteiger partial charge < -0.3 is 15.0 Å². The molecule has 1 aliphatic carbocycles. The Morgan fingerprint density at radius 3 is 2.72 bits per heavy atom. The van der Waals surface area contributed by atoms with Crippen LogP contribution < -0.4 is 0 Å². The number of piperazine rings is 1. The van der Waals surface area contributed by atoms with E-state index in [0.717, 1.165) is 68.3 Å². The van der Waals surface area contributed by atoms with E-state index in [0.29, 0.717) is 0 Å². The van der Waals surface area contributed by atoms with Crippen molar-refractivity contribution in [2.24, 2.45) is 0 Å². The lowest BCUT2D eigenvalue weighted by molar-refractivity contribution is 0.0316. The minimum atomic E-state index is -0.191. The van der Waals surface area contributed by atoms with Crippen LogP contribution in [0.4, 0.5) is 0 Å². The monoisotopic (exact) mass is 341 g/mol. The van der Waals surface area contributed by atoms with E-state index in [1.165, 1.54) is 5.56 Å². The molecule has 0 radical (unpaired) electrons. The fourth-order valence-electron chi connectivity index (χ4n) is 4.46. The van der Waals surface area contributed by atoms with Gasteiger partial charge in [0.1, 0.15) is 0 Å². The van der Waals surface area contributed by atoms with Gasteiger partial charge in [-0.15, -0.1) is 0 Å². The third-order valence-corrected chi connectivity index (χ3v) is 5.93. The number of aromatic amines is 1. The van der Waals surface area contributed by atoms with Gasteiger partial charge >= 0.3 is 0 Å². The topological polar surface area (TPSA) is 59.6 Å². The first-order chi connectivity index (χ1) is 12.2. The molecule has 2 fully saturated rings. The summed E-state index contributed by atoms with van der Waals surface area (Å²) in [5.74, 6) is 0.117. The summed E-state index contributed by atoms with van der Waals surface area (Å²) in [5.41, 5.74) is 3.11. The van der Waals surface area contributed by atoms with Crippen molar-refractivity contribution >= 4 is 16.8 Å². The van der Waals surface area contributed by atoms with Gasteiger partial charge in [0, 0.05) is 49.3 Å². The van der Waals surface area contributed by atoms with Crippen molar-refractivity contribution in [3.05, 3.63) is 35.5 Å². The highest BCUT2D eigenvalue weighted by atomic mass is 16.3. The second kappa shape index (κ2) is 6.81. The van der Waals surface area contributed by atoms with Crippen molar-refractivity contribution in [3.63, 3.8) is 0 Å². The van der Waals surface area contributed by atoms with E-state index >= 15 is 0 Å². The normalized spacial score (nSPS) is 25.0. The molecule has 0 spiro atoms. The fourth-order valence-corrected chi connectivity index (χ4v) is 4.46. The second-order valence-electron chi connectivity index (χ2n) is 7.29. The molecule has 1 aromatic carbocycles. The molecule has 2 atom stereocenters. The van der Waals surface area contributed by atoms with E-state index in [-0.39, 0.29) is 18.1 Å². The first-order valence-electron chi connectivity index (χ1n) is 9.49. The Bertz CT molecular complexity index is 761. The molecule has 134 valence electrons. The zero-order valence-corrected chi connectivity index (χ0v) is 14.9. The maximum atomic E-state index is 13.0. The molecular formula is C20H27N3O2. The number of aliphatic hydroxyl groups is 1. The number of aromatic nitrogens is 1. The number of nitrogens with one attached hydrogen (secondary N) is 1. The number of hydrogen-bond acceptors (Lipinski definition) is 3. The number of aliphatic hydroxyl groups excluding tert-OH is 1. The summed E-state index contributed by atoms with van der Waals surface area (Å²) in [6.07, 6.45) is 5.73.